The number of fused-ring (bicyclic) bond motifs is 1. The molecule has 3 aromatic rings. The van der Waals surface area contributed by atoms with Gasteiger partial charge in [-0.1, -0.05) is 42.5 Å². The van der Waals surface area contributed by atoms with E-state index >= 15 is 0 Å². The summed E-state index contributed by atoms with van der Waals surface area (Å²) in [5.74, 6) is 0.752. The van der Waals surface area contributed by atoms with Crippen LogP contribution in [0.5, 0.6) is 5.75 Å². The summed E-state index contributed by atoms with van der Waals surface area (Å²) < 4.78 is 7.76. The van der Waals surface area contributed by atoms with Crippen molar-refractivity contribution >= 4 is 10.9 Å². The molecule has 3 nitrogen and oxygen atoms in total. The molecule has 0 fully saturated rings. The van der Waals surface area contributed by atoms with Crippen LogP contribution in [0, 0.1) is 11.3 Å². The lowest BCUT2D eigenvalue weighted by Crippen LogP contribution is -2.06. The minimum Gasteiger partial charge on any atom is -0.477 e. The lowest BCUT2D eigenvalue weighted by atomic mass is 10.1. The maximum absolute atomic E-state index is 8.72. The average Bonchev–Trinajstić information content (AvgIpc) is 2.97. The molecule has 0 radical (unpaired) electrons. The monoisotopic (exact) mass is 276 g/mol. The number of aromatic nitrogens is 1. The maximum Gasteiger partial charge on any atom is 0.174 e. The van der Waals surface area contributed by atoms with Gasteiger partial charge in [-0.2, -0.15) is 5.26 Å². The van der Waals surface area contributed by atoms with Crippen molar-refractivity contribution in [3.8, 4) is 11.8 Å². The lowest BCUT2D eigenvalue weighted by molar-refractivity contribution is 0.370. The topological polar surface area (TPSA) is 38.0 Å². The molecule has 0 amide bonds. The van der Waals surface area contributed by atoms with Crippen molar-refractivity contribution in [2.75, 3.05) is 6.61 Å². The molecule has 1 heterocycles. The van der Waals surface area contributed by atoms with E-state index < -0.39 is 0 Å². The van der Waals surface area contributed by atoms with Gasteiger partial charge in [-0.05, 0) is 24.6 Å². The summed E-state index contributed by atoms with van der Waals surface area (Å²) in [5, 5.41) is 9.84. The van der Waals surface area contributed by atoms with Gasteiger partial charge in [0.2, 0.25) is 0 Å². The van der Waals surface area contributed by atoms with Gasteiger partial charge in [0.25, 0.3) is 0 Å². The van der Waals surface area contributed by atoms with Gasteiger partial charge in [-0.3, -0.25) is 0 Å². The average molecular weight is 276 g/mol. The lowest BCUT2D eigenvalue weighted by Gasteiger charge is -2.17. The Bertz CT molecular complexity index is 784. The Morgan fingerprint density at radius 2 is 1.90 bits per heavy atom. The highest BCUT2D eigenvalue weighted by atomic mass is 16.5. The highest BCUT2D eigenvalue weighted by molar-refractivity contribution is 5.86. The second-order valence-corrected chi connectivity index (χ2v) is 4.95. The number of benzene rings is 2. The van der Waals surface area contributed by atoms with Crippen LogP contribution in [-0.4, -0.2) is 11.2 Å². The predicted octanol–water partition coefficient (Wildman–Crippen LogP) is 4.15. The number of ether oxygens (including phenoxy) is 1. The van der Waals surface area contributed by atoms with E-state index in [9.17, 15) is 0 Å². The first-order chi connectivity index (χ1) is 10.3. The molecule has 3 rings (SSSR count). The molecule has 0 aliphatic carbocycles. The Kier molecular flexibility index (Phi) is 3.61. The van der Waals surface area contributed by atoms with Crippen molar-refractivity contribution in [2.24, 2.45) is 0 Å². The van der Waals surface area contributed by atoms with Crippen molar-refractivity contribution in [3.63, 3.8) is 0 Å². The SMILES string of the molecule is CC(c1ccccc1)n1ccc2cccc(OCC#N)c21. The Balaban J connectivity index is 2.09. The molecule has 0 aliphatic heterocycles. The molecule has 1 aromatic heterocycles. The molecular formula is C18H16N2O. The van der Waals surface area contributed by atoms with Crippen LogP contribution in [0.3, 0.4) is 0 Å². The number of hydrogen-bond donors (Lipinski definition) is 0. The van der Waals surface area contributed by atoms with Gasteiger partial charge < -0.3 is 9.30 Å². The Labute approximate surface area is 124 Å². The standard InChI is InChI=1S/C18H16N2O/c1-14(15-6-3-2-4-7-15)20-12-10-16-8-5-9-17(18(16)20)21-13-11-19/h2-10,12,14H,13H2,1H3. The minimum atomic E-state index is 0.0595. The first-order valence-electron chi connectivity index (χ1n) is 6.95. The zero-order chi connectivity index (χ0) is 14.7. The van der Waals surface area contributed by atoms with Crippen LogP contribution in [0.1, 0.15) is 18.5 Å². The molecule has 0 saturated heterocycles. The van der Waals surface area contributed by atoms with Gasteiger partial charge in [-0.15, -0.1) is 0 Å². The zero-order valence-electron chi connectivity index (χ0n) is 11.9. The molecule has 1 unspecified atom stereocenters. The summed E-state index contributed by atoms with van der Waals surface area (Å²) in [7, 11) is 0. The van der Waals surface area contributed by atoms with E-state index in [0.717, 1.165) is 16.7 Å². The number of hydrogen-bond acceptors (Lipinski definition) is 2. The van der Waals surface area contributed by atoms with E-state index in [2.05, 4.69) is 42.0 Å². The first-order valence-corrected chi connectivity index (χ1v) is 6.95. The van der Waals surface area contributed by atoms with E-state index in [1.54, 1.807) is 0 Å². The summed E-state index contributed by atoms with van der Waals surface area (Å²) in [6, 6.07) is 20.6. The second-order valence-electron chi connectivity index (χ2n) is 4.95. The minimum absolute atomic E-state index is 0.0595. The first kappa shape index (κ1) is 13.3. The summed E-state index contributed by atoms with van der Waals surface area (Å²) in [6.45, 7) is 2.22. The fourth-order valence-corrected chi connectivity index (χ4v) is 2.63. The fourth-order valence-electron chi connectivity index (χ4n) is 2.63. The number of para-hydroxylation sites is 1. The highest BCUT2D eigenvalue weighted by Gasteiger charge is 2.13. The second kappa shape index (κ2) is 5.72. The summed E-state index contributed by atoms with van der Waals surface area (Å²) >= 11 is 0. The van der Waals surface area contributed by atoms with E-state index in [4.69, 9.17) is 10.00 Å². The van der Waals surface area contributed by atoms with E-state index in [1.807, 2.05) is 36.4 Å². The third-order valence-corrected chi connectivity index (χ3v) is 3.69. The van der Waals surface area contributed by atoms with E-state index in [1.165, 1.54) is 5.56 Å². The third kappa shape index (κ3) is 2.48. The quantitative estimate of drug-likeness (QED) is 0.717. The molecule has 3 heteroatoms. The van der Waals surface area contributed by atoms with Crippen molar-refractivity contribution in [3.05, 3.63) is 66.4 Å². The maximum atomic E-state index is 8.72. The molecule has 104 valence electrons. The number of nitrogens with zero attached hydrogens (tertiary/aromatic N) is 2. The van der Waals surface area contributed by atoms with Crippen LogP contribution in [0.25, 0.3) is 10.9 Å². The number of rotatable bonds is 4. The molecule has 1 atom stereocenters. The Morgan fingerprint density at radius 3 is 2.67 bits per heavy atom. The van der Waals surface area contributed by atoms with Gasteiger partial charge in [0.05, 0.1) is 11.6 Å². The van der Waals surface area contributed by atoms with Crippen LogP contribution in [0.2, 0.25) is 0 Å². The van der Waals surface area contributed by atoms with E-state index in [-0.39, 0.29) is 12.6 Å². The van der Waals surface area contributed by atoms with Crippen LogP contribution in [-0.2, 0) is 0 Å². The van der Waals surface area contributed by atoms with Gasteiger partial charge in [0, 0.05) is 11.6 Å². The van der Waals surface area contributed by atoms with E-state index in [0.29, 0.717) is 0 Å². The number of nitriles is 1. The molecular weight excluding hydrogens is 260 g/mol. The molecule has 21 heavy (non-hydrogen) atoms. The molecule has 0 bridgehead atoms. The Morgan fingerprint density at radius 1 is 1.10 bits per heavy atom. The van der Waals surface area contributed by atoms with Gasteiger partial charge in [0.1, 0.15) is 11.8 Å². The fraction of sp³-hybridized carbons (Fsp3) is 0.167. The molecule has 0 aliphatic rings. The zero-order valence-corrected chi connectivity index (χ0v) is 11.9. The van der Waals surface area contributed by atoms with Crippen LogP contribution >= 0.6 is 0 Å². The van der Waals surface area contributed by atoms with Crippen LogP contribution in [0.4, 0.5) is 0 Å². The molecule has 0 N–H and O–H groups in total. The van der Waals surface area contributed by atoms with Crippen molar-refractivity contribution in [1.82, 2.24) is 4.57 Å². The summed E-state index contributed by atoms with van der Waals surface area (Å²) in [5.41, 5.74) is 2.27. The van der Waals surface area contributed by atoms with Gasteiger partial charge in [-0.25, -0.2) is 0 Å². The smallest absolute Gasteiger partial charge is 0.174 e. The normalized spacial score (nSPS) is 12.0. The largest absolute Gasteiger partial charge is 0.477 e. The van der Waals surface area contributed by atoms with Gasteiger partial charge in [0.15, 0.2) is 6.61 Å². The van der Waals surface area contributed by atoms with Crippen molar-refractivity contribution in [2.45, 2.75) is 13.0 Å². The molecule has 2 aromatic carbocycles. The third-order valence-electron chi connectivity index (χ3n) is 3.69. The Hall–Kier alpha value is -2.73. The molecule has 0 spiro atoms. The summed E-state index contributed by atoms with van der Waals surface area (Å²) in [4.78, 5) is 0. The van der Waals surface area contributed by atoms with Crippen molar-refractivity contribution < 1.29 is 4.74 Å². The predicted molar refractivity (Wildman–Crippen MR) is 83.3 cm³/mol. The van der Waals surface area contributed by atoms with Crippen LogP contribution in [0.15, 0.2) is 60.8 Å². The molecule has 0 saturated carbocycles. The van der Waals surface area contributed by atoms with Crippen molar-refractivity contribution in [1.29, 1.82) is 5.26 Å². The van der Waals surface area contributed by atoms with Crippen LogP contribution < -0.4 is 4.74 Å². The van der Waals surface area contributed by atoms with Gasteiger partial charge >= 0.3 is 0 Å². The highest BCUT2D eigenvalue weighted by Crippen LogP contribution is 2.31. The summed E-state index contributed by atoms with van der Waals surface area (Å²) in [6.07, 6.45) is 2.07.